The molecule has 2 fully saturated rings. The Hall–Kier alpha value is -2.64. The normalized spacial score (nSPS) is 20.4. The third-order valence-electron chi connectivity index (χ3n) is 7.37. The number of anilines is 2. The molecule has 3 aromatic rings. The largest absolute Gasteiger partial charge is 0.481 e. The SMILES string of the molecule is C[C@@H]1CCCN1Cc1sc(NC(=O)c2cnc(N3CCN(CCC(=O)O)[C@@H](C)C3)cn2)nc1-c1csc(Cl)c1. The molecule has 13 heteroatoms. The molecule has 10 nitrogen and oxygen atoms in total. The number of carbonyl (C=O) groups is 2. The van der Waals surface area contributed by atoms with E-state index in [9.17, 15) is 9.59 Å². The Kier molecular flexibility index (Phi) is 8.77. The molecule has 2 aliphatic heterocycles. The maximum Gasteiger partial charge on any atom is 0.304 e. The van der Waals surface area contributed by atoms with Crippen LogP contribution in [0.15, 0.2) is 23.8 Å². The first-order valence-electron chi connectivity index (χ1n) is 13.1. The van der Waals surface area contributed by atoms with Crippen LogP contribution in [-0.4, -0.2) is 86.5 Å². The molecule has 0 bridgehead atoms. The van der Waals surface area contributed by atoms with Crippen molar-refractivity contribution in [1.29, 1.82) is 0 Å². The van der Waals surface area contributed by atoms with Crippen molar-refractivity contribution in [3.05, 3.63) is 38.7 Å². The van der Waals surface area contributed by atoms with Crippen LogP contribution >= 0.6 is 34.3 Å². The van der Waals surface area contributed by atoms with Gasteiger partial charge in [0, 0.05) is 60.6 Å². The molecule has 2 aliphatic rings. The van der Waals surface area contributed by atoms with Crippen LogP contribution in [-0.2, 0) is 11.3 Å². The number of aromatic nitrogens is 3. The summed E-state index contributed by atoms with van der Waals surface area (Å²) in [5.74, 6) is -0.443. The second kappa shape index (κ2) is 12.3. The van der Waals surface area contributed by atoms with Gasteiger partial charge in [0.25, 0.3) is 5.91 Å². The van der Waals surface area contributed by atoms with Crippen LogP contribution in [0.25, 0.3) is 11.3 Å². The molecule has 0 radical (unpaired) electrons. The first-order chi connectivity index (χ1) is 18.8. The van der Waals surface area contributed by atoms with Gasteiger partial charge in [0.05, 0.1) is 28.8 Å². The third kappa shape index (κ3) is 6.75. The maximum atomic E-state index is 13.0. The second-order valence-corrected chi connectivity index (χ2v) is 12.7. The minimum Gasteiger partial charge on any atom is -0.481 e. The number of carboxylic acid groups (broad SMARTS) is 1. The molecule has 2 saturated heterocycles. The lowest BCUT2D eigenvalue weighted by Gasteiger charge is -2.40. The molecule has 39 heavy (non-hydrogen) atoms. The zero-order valence-corrected chi connectivity index (χ0v) is 24.4. The first-order valence-corrected chi connectivity index (χ1v) is 15.2. The smallest absolute Gasteiger partial charge is 0.304 e. The van der Waals surface area contributed by atoms with Gasteiger partial charge >= 0.3 is 5.97 Å². The van der Waals surface area contributed by atoms with Crippen LogP contribution in [0.2, 0.25) is 4.34 Å². The maximum absolute atomic E-state index is 13.0. The van der Waals surface area contributed by atoms with Gasteiger partial charge in [-0.25, -0.2) is 15.0 Å². The van der Waals surface area contributed by atoms with E-state index in [1.807, 2.05) is 11.4 Å². The van der Waals surface area contributed by atoms with E-state index in [1.165, 1.54) is 41.7 Å². The zero-order valence-electron chi connectivity index (χ0n) is 22.0. The fraction of sp³-hybridized carbons (Fsp3) is 0.500. The summed E-state index contributed by atoms with van der Waals surface area (Å²) in [4.78, 5) is 45.4. The van der Waals surface area contributed by atoms with E-state index in [0.29, 0.717) is 34.4 Å². The van der Waals surface area contributed by atoms with Crippen LogP contribution in [0.4, 0.5) is 10.9 Å². The lowest BCUT2D eigenvalue weighted by atomic mass is 10.2. The monoisotopic (exact) mass is 589 g/mol. The average Bonchev–Trinajstić information content (AvgIpc) is 3.63. The van der Waals surface area contributed by atoms with Crippen LogP contribution in [0.3, 0.4) is 0 Å². The standard InChI is InChI=1S/C26H32ClN7O3S2/c1-16-4-3-6-33(16)14-20-24(18-10-21(27)38-15-18)30-26(39-20)31-25(37)19-11-29-22(12-28-19)34-9-8-32(17(2)13-34)7-5-23(35)36/h10-12,15-17H,3-9,13-14H2,1-2H3,(H,35,36)(H,30,31,37)/t16-,17+/m1/s1. The highest BCUT2D eigenvalue weighted by molar-refractivity contribution is 7.16. The Bertz CT molecular complexity index is 1320. The van der Waals surface area contributed by atoms with Crippen molar-refractivity contribution in [1.82, 2.24) is 24.8 Å². The number of carbonyl (C=O) groups excluding carboxylic acids is 1. The van der Waals surface area contributed by atoms with E-state index in [0.717, 1.165) is 42.3 Å². The summed E-state index contributed by atoms with van der Waals surface area (Å²) < 4.78 is 0.704. The lowest BCUT2D eigenvalue weighted by molar-refractivity contribution is -0.137. The molecule has 0 spiro atoms. The average molecular weight is 590 g/mol. The topological polar surface area (TPSA) is 115 Å². The van der Waals surface area contributed by atoms with E-state index in [2.05, 4.69) is 43.8 Å². The number of carboxylic acids is 1. The Balaban J connectivity index is 1.25. The van der Waals surface area contributed by atoms with Gasteiger partial charge in [0.2, 0.25) is 0 Å². The minimum atomic E-state index is -0.786. The fourth-order valence-corrected chi connectivity index (χ4v) is 6.99. The van der Waals surface area contributed by atoms with Gasteiger partial charge < -0.3 is 10.0 Å². The van der Waals surface area contributed by atoms with Crippen molar-refractivity contribution in [2.75, 3.05) is 42.9 Å². The van der Waals surface area contributed by atoms with Gasteiger partial charge in [0.1, 0.15) is 11.5 Å². The fourth-order valence-electron chi connectivity index (χ4n) is 5.12. The summed E-state index contributed by atoms with van der Waals surface area (Å²) >= 11 is 9.16. The number of amides is 1. The summed E-state index contributed by atoms with van der Waals surface area (Å²) in [5.41, 5.74) is 2.04. The lowest BCUT2D eigenvalue weighted by Crippen LogP contribution is -2.52. The summed E-state index contributed by atoms with van der Waals surface area (Å²) in [6.07, 6.45) is 5.63. The number of nitrogens with one attached hydrogen (secondary N) is 1. The van der Waals surface area contributed by atoms with Crippen LogP contribution < -0.4 is 10.2 Å². The Labute approximate surface area is 240 Å². The van der Waals surface area contributed by atoms with Crippen LogP contribution in [0.5, 0.6) is 0 Å². The van der Waals surface area contributed by atoms with Crippen molar-refractivity contribution in [2.24, 2.45) is 0 Å². The van der Waals surface area contributed by atoms with Gasteiger partial charge in [-0.1, -0.05) is 22.9 Å². The van der Waals surface area contributed by atoms with E-state index >= 15 is 0 Å². The Morgan fingerprint density at radius 3 is 2.64 bits per heavy atom. The first kappa shape index (κ1) is 27.9. The number of aliphatic carboxylic acids is 1. The number of thiazole rings is 1. The number of halogens is 1. The molecule has 2 N–H and O–H groups in total. The number of rotatable bonds is 9. The van der Waals surface area contributed by atoms with E-state index < -0.39 is 5.97 Å². The van der Waals surface area contributed by atoms with Crippen molar-refractivity contribution >= 4 is 57.1 Å². The highest BCUT2D eigenvalue weighted by Crippen LogP contribution is 2.37. The van der Waals surface area contributed by atoms with Gasteiger partial charge in [-0.15, -0.1) is 11.3 Å². The van der Waals surface area contributed by atoms with Crippen molar-refractivity contribution < 1.29 is 14.7 Å². The van der Waals surface area contributed by atoms with Crippen molar-refractivity contribution in [3.63, 3.8) is 0 Å². The molecule has 5 heterocycles. The highest BCUT2D eigenvalue weighted by atomic mass is 35.5. The van der Waals surface area contributed by atoms with Gasteiger partial charge in [0.15, 0.2) is 5.13 Å². The number of nitrogens with zero attached hydrogens (tertiary/aromatic N) is 6. The molecule has 0 aromatic carbocycles. The van der Waals surface area contributed by atoms with Gasteiger partial charge in [-0.3, -0.25) is 24.7 Å². The summed E-state index contributed by atoms with van der Waals surface area (Å²) in [6.45, 7) is 8.89. The molecule has 208 valence electrons. The second-order valence-electron chi connectivity index (χ2n) is 10.1. The van der Waals surface area contributed by atoms with Gasteiger partial charge in [-0.05, 0) is 39.3 Å². The minimum absolute atomic E-state index is 0.133. The predicted octanol–water partition coefficient (Wildman–Crippen LogP) is 4.54. The van der Waals surface area contributed by atoms with Crippen LogP contribution in [0, 0.1) is 0 Å². The zero-order chi connectivity index (χ0) is 27.5. The molecule has 0 aliphatic carbocycles. The molecular weight excluding hydrogens is 558 g/mol. The molecule has 5 rings (SSSR count). The van der Waals surface area contributed by atoms with E-state index in [1.54, 1.807) is 6.20 Å². The van der Waals surface area contributed by atoms with E-state index in [4.69, 9.17) is 21.7 Å². The molecular formula is C26H32ClN7O3S2. The summed E-state index contributed by atoms with van der Waals surface area (Å²) in [7, 11) is 0. The quantitative estimate of drug-likeness (QED) is 0.371. The molecule has 0 saturated carbocycles. The number of piperazine rings is 1. The van der Waals surface area contributed by atoms with Crippen LogP contribution in [0.1, 0.15) is 48.5 Å². The van der Waals surface area contributed by atoms with Gasteiger partial charge in [-0.2, -0.15) is 0 Å². The number of hydrogen-bond acceptors (Lipinski definition) is 10. The van der Waals surface area contributed by atoms with Crippen molar-refractivity contribution in [2.45, 2.75) is 51.7 Å². The van der Waals surface area contributed by atoms with E-state index in [-0.39, 0.29) is 24.1 Å². The number of likely N-dealkylation sites (tertiary alicyclic amines) is 1. The third-order valence-corrected chi connectivity index (χ3v) is 9.42. The molecule has 1 amide bonds. The molecule has 3 aromatic heterocycles. The van der Waals surface area contributed by atoms with Crippen molar-refractivity contribution in [3.8, 4) is 11.3 Å². The molecule has 2 atom stereocenters. The Morgan fingerprint density at radius 2 is 2.00 bits per heavy atom. The summed E-state index contributed by atoms with van der Waals surface area (Å²) in [5, 5.41) is 14.4. The summed E-state index contributed by atoms with van der Waals surface area (Å²) in [6, 6.07) is 2.63. The molecule has 0 unspecified atom stereocenters. The predicted molar refractivity (Wildman–Crippen MR) is 155 cm³/mol. The number of hydrogen-bond donors (Lipinski definition) is 2. The Morgan fingerprint density at radius 1 is 1.15 bits per heavy atom. The highest BCUT2D eigenvalue weighted by Gasteiger charge is 2.26. The number of thiophene rings is 1.